The summed E-state index contributed by atoms with van der Waals surface area (Å²) in [6, 6.07) is 9.00. The fraction of sp³-hybridized carbons (Fsp3) is 0.647. The molecule has 2 saturated heterocycles. The number of aliphatic hydroxyl groups is 1. The van der Waals surface area contributed by atoms with Crippen LogP contribution in [0.25, 0.3) is 0 Å². The Labute approximate surface area is 122 Å². The van der Waals surface area contributed by atoms with Crippen molar-refractivity contribution in [1.82, 2.24) is 9.80 Å². The Morgan fingerprint density at radius 2 is 1.90 bits per heavy atom. The van der Waals surface area contributed by atoms with Gasteiger partial charge in [0.2, 0.25) is 0 Å². The molecule has 0 aliphatic carbocycles. The van der Waals surface area contributed by atoms with Gasteiger partial charge in [0.25, 0.3) is 0 Å². The minimum Gasteiger partial charge on any atom is -0.387 e. The van der Waals surface area contributed by atoms with Crippen LogP contribution in [0.5, 0.6) is 0 Å². The second-order valence-electron chi connectivity index (χ2n) is 6.37. The summed E-state index contributed by atoms with van der Waals surface area (Å²) in [7, 11) is 0. The van der Waals surface area contributed by atoms with E-state index >= 15 is 0 Å². The highest BCUT2D eigenvalue weighted by molar-refractivity contribution is 5.23. The third-order valence-corrected chi connectivity index (χ3v) is 4.78. The third-order valence-electron chi connectivity index (χ3n) is 4.78. The van der Waals surface area contributed by atoms with Gasteiger partial charge in [-0.05, 0) is 51.4 Å². The summed E-state index contributed by atoms with van der Waals surface area (Å²) in [4.78, 5) is 5.10. The SMILES string of the molecule is Cc1ccc(C(O)CN2CCCN3CCCC3C2)cc1. The highest BCUT2D eigenvalue weighted by Gasteiger charge is 2.29. The molecule has 0 bridgehead atoms. The zero-order valence-corrected chi connectivity index (χ0v) is 12.5. The van der Waals surface area contributed by atoms with Crippen molar-refractivity contribution in [3.05, 3.63) is 35.4 Å². The highest BCUT2D eigenvalue weighted by atomic mass is 16.3. The molecule has 0 spiro atoms. The predicted molar refractivity (Wildman–Crippen MR) is 81.8 cm³/mol. The van der Waals surface area contributed by atoms with E-state index in [-0.39, 0.29) is 6.10 Å². The van der Waals surface area contributed by atoms with Gasteiger partial charge < -0.3 is 5.11 Å². The summed E-state index contributed by atoms with van der Waals surface area (Å²) in [6.45, 7) is 7.62. The fourth-order valence-electron chi connectivity index (χ4n) is 3.59. The molecular weight excluding hydrogens is 248 g/mol. The van der Waals surface area contributed by atoms with Crippen LogP contribution in [0.4, 0.5) is 0 Å². The molecule has 2 fully saturated rings. The number of hydrogen-bond donors (Lipinski definition) is 1. The fourth-order valence-corrected chi connectivity index (χ4v) is 3.59. The molecule has 3 nitrogen and oxygen atoms in total. The Kier molecular flexibility index (Phi) is 4.39. The number of fused-ring (bicyclic) bond motifs is 1. The van der Waals surface area contributed by atoms with Gasteiger partial charge in [0.05, 0.1) is 6.10 Å². The van der Waals surface area contributed by atoms with Crippen molar-refractivity contribution < 1.29 is 5.11 Å². The smallest absolute Gasteiger partial charge is 0.0916 e. The van der Waals surface area contributed by atoms with Crippen molar-refractivity contribution in [2.45, 2.75) is 38.3 Å². The molecule has 2 unspecified atom stereocenters. The van der Waals surface area contributed by atoms with Crippen LogP contribution in [-0.2, 0) is 0 Å². The van der Waals surface area contributed by atoms with Gasteiger partial charge >= 0.3 is 0 Å². The standard InChI is InChI=1S/C17H26N2O/c1-14-5-7-15(8-6-14)17(20)13-18-9-3-11-19-10-2-4-16(19)12-18/h5-8,16-17,20H,2-4,9-13H2,1H3. The monoisotopic (exact) mass is 274 g/mol. The predicted octanol–water partition coefficient (Wildman–Crippen LogP) is 2.20. The van der Waals surface area contributed by atoms with Gasteiger partial charge in [-0.2, -0.15) is 0 Å². The first-order chi connectivity index (χ1) is 9.72. The average Bonchev–Trinajstić information content (AvgIpc) is 2.78. The minimum absolute atomic E-state index is 0.358. The Morgan fingerprint density at radius 3 is 2.70 bits per heavy atom. The molecule has 2 aliphatic heterocycles. The second kappa shape index (κ2) is 6.25. The first-order valence-electron chi connectivity index (χ1n) is 7.93. The third kappa shape index (κ3) is 3.22. The first-order valence-corrected chi connectivity index (χ1v) is 7.93. The van der Waals surface area contributed by atoms with Crippen LogP contribution in [0.15, 0.2) is 24.3 Å². The van der Waals surface area contributed by atoms with Crippen molar-refractivity contribution in [2.75, 3.05) is 32.7 Å². The van der Waals surface area contributed by atoms with E-state index in [4.69, 9.17) is 0 Å². The Bertz CT molecular complexity index is 431. The molecule has 0 amide bonds. The summed E-state index contributed by atoms with van der Waals surface area (Å²) < 4.78 is 0. The van der Waals surface area contributed by atoms with E-state index in [0.29, 0.717) is 0 Å². The highest BCUT2D eigenvalue weighted by Crippen LogP contribution is 2.23. The Hall–Kier alpha value is -0.900. The molecule has 2 atom stereocenters. The number of aryl methyl sites for hydroxylation is 1. The van der Waals surface area contributed by atoms with Crippen LogP contribution >= 0.6 is 0 Å². The van der Waals surface area contributed by atoms with Crippen molar-refractivity contribution in [3.63, 3.8) is 0 Å². The van der Waals surface area contributed by atoms with Gasteiger partial charge in [-0.25, -0.2) is 0 Å². The van der Waals surface area contributed by atoms with Gasteiger partial charge in [0.15, 0.2) is 0 Å². The summed E-state index contributed by atoms with van der Waals surface area (Å²) in [5.41, 5.74) is 2.29. The van der Waals surface area contributed by atoms with Crippen LogP contribution in [0, 0.1) is 6.92 Å². The van der Waals surface area contributed by atoms with Crippen LogP contribution < -0.4 is 0 Å². The lowest BCUT2D eigenvalue weighted by Crippen LogP contribution is -2.38. The Balaban J connectivity index is 1.60. The zero-order chi connectivity index (χ0) is 13.9. The van der Waals surface area contributed by atoms with E-state index in [2.05, 4.69) is 41.0 Å². The van der Waals surface area contributed by atoms with E-state index in [9.17, 15) is 5.11 Å². The average molecular weight is 274 g/mol. The van der Waals surface area contributed by atoms with E-state index in [1.807, 2.05) is 0 Å². The van der Waals surface area contributed by atoms with Crippen LogP contribution in [0.2, 0.25) is 0 Å². The molecule has 2 aliphatic rings. The molecule has 0 saturated carbocycles. The quantitative estimate of drug-likeness (QED) is 0.915. The lowest BCUT2D eigenvalue weighted by atomic mass is 10.1. The summed E-state index contributed by atoms with van der Waals surface area (Å²) >= 11 is 0. The van der Waals surface area contributed by atoms with E-state index in [0.717, 1.165) is 31.2 Å². The maximum absolute atomic E-state index is 10.4. The number of β-amino-alcohol motifs (C(OH)–C–C–N with tert-alkyl or cyclic N) is 1. The minimum atomic E-state index is -0.358. The van der Waals surface area contributed by atoms with Gasteiger partial charge in [-0.1, -0.05) is 29.8 Å². The normalized spacial score (nSPS) is 26.2. The largest absolute Gasteiger partial charge is 0.387 e. The van der Waals surface area contributed by atoms with E-state index in [1.54, 1.807) is 0 Å². The number of aliphatic hydroxyl groups excluding tert-OH is 1. The molecule has 1 aromatic rings. The van der Waals surface area contributed by atoms with E-state index < -0.39 is 0 Å². The van der Waals surface area contributed by atoms with E-state index in [1.165, 1.54) is 37.9 Å². The van der Waals surface area contributed by atoms with Gasteiger partial charge in [0.1, 0.15) is 0 Å². The van der Waals surface area contributed by atoms with Crippen LogP contribution in [-0.4, -0.2) is 53.7 Å². The van der Waals surface area contributed by atoms with Gasteiger partial charge in [-0.15, -0.1) is 0 Å². The maximum Gasteiger partial charge on any atom is 0.0916 e. The molecule has 110 valence electrons. The first kappa shape index (κ1) is 14.1. The van der Waals surface area contributed by atoms with Gasteiger partial charge in [-0.3, -0.25) is 9.80 Å². The van der Waals surface area contributed by atoms with Crippen molar-refractivity contribution in [3.8, 4) is 0 Å². The molecular formula is C17H26N2O. The lowest BCUT2D eigenvalue weighted by molar-refractivity contribution is 0.108. The maximum atomic E-state index is 10.4. The second-order valence-corrected chi connectivity index (χ2v) is 6.37. The Morgan fingerprint density at radius 1 is 1.15 bits per heavy atom. The van der Waals surface area contributed by atoms with Crippen molar-refractivity contribution >= 4 is 0 Å². The molecule has 3 heteroatoms. The van der Waals surface area contributed by atoms with Gasteiger partial charge in [0, 0.05) is 19.1 Å². The van der Waals surface area contributed by atoms with Crippen LogP contribution in [0.1, 0.15) is 36.5 Å². The topological polar surface area (TPSA) is 26.7 Å². The molecule has 0 radical (unpaired) electrons. The molecule has 0 aromatic heterocycles. The number of hydrogen-bond acceptors (Lipinski definition) is 3. The molecule has 1 N–H and O–H groups in total. The number of benzene rings is 1. The molecule has 1 aromatic carbocycles. The lowest BCUT2D eigenvalue weighted by Gasteiger charge is -2.27. The van der Waals surface area contributed by atoms with Crippen molar-refractivity contribution in [2.24, 2.45) is 0 Å². The molecule has 2 heterocycles. The zero-order valence-electron chi connectivity index (χ0n) is 12.5. The summed E-state index contributed by atoms with van der Waals surface area (Å²) in [5.74, 6) is 0. The number of nitrogens with zero attached hydrogens (tertiary/aromatic N) is 2. The summed E-state index contributed by atoms with van der Waals surface area (Å²) in [5, 5.41) is 10.4. The molecule has 3 rings (SSSR count). The van der Waals surface area contributed by atoms with Crippen LogP contribution in [0.3, 0.4) is 0 Å². The number of rotatable bonds is 3. The van der Waals surface area contributed by atoms with Crippen molar-refractivity contribution in [1.29, 1.82) is 0 Å². The summed E-state index contributed by atoms with van der Waals surface area (Å²) in [6.07, 6.45) is 3.55. The molecule has 20 heavy (non-hydrogen) atoms.